The third-order valence-electron chi connectivity index (χ3n) is 4.41. The summed E-state index contributed by atoms with van der Waals surface area (Å²) >= 11 is 0. The van der Waals surface area contributed by atoms with Crippen molar-refractivity contribution in [2.45, 2.75) is 18.7 Å². The molecule has 3 aromatic rings. The van der Waals surface area contributed by atoms with E-state index in [4.69, 9.17) is 0 Å². The third-order valence-corrected chi connectivity index (χ3v) is 6.20. The summed E-state index contributed by atoms with van der Waals surface area (Å²) in [5.41, 5.74) is 2.33. The Kier molecular flexibility index (Phi) is 6.71. The standard InChI is InChI=1S/C23H23N3O4S/c1-17-11-13-21(14-12-17)26(31(29,30)22-9-4-3-5-10-22)16-23(28)25-20-8-6-7-19(15-20)24-18(2)27/h3-15H,16H2,1-2H3,(H,24,27)(H,25,28). The summed E-state index contributed by atoms with van der Waals surface area (Å²) in [5.74, 6) is -0.747. The van der Waals surface area contributed by atoms with Gasteiger partial charge in [-0.1, -0.05) is 42.0 Å². The zero-order valence-electron chi connectivity index (χ0n) is 17.2. The summed E-state index contributed by atoms with van der Waals surface area (Å²) in [6.45, 7) is 2.87. The van der Waals surface area contributed by atoms with Crippen molar-refractivity contribution in [3.63, 3.8) is 0 Å². The largest absolute Gasteiger partial charge is 0.326 e. The van der Waals surface area contributed by atoms with E-state index in [1.54, 1.807) is 66.7 Å². The lowest BCUT2D eigenvalue weighted by molar-refractivity contribution is -0.115. The first kappa shape index (κ1) is 22.0. The van der Waals surface area contributed by atoms with Crippen LogP contribution in [0.25, 0.3) is 0 Å². The number of nitrogens with one attached hydrogen (secondary N) is 2. The number of amides is 2. The van der Waals surface area contributed by atoms with Crippen molar-refractivity contribution < 1.29 is 18.0 Å². The Bertz CT molecular complexity index is 1180. The zero-order valence-corrected chi connectivity index (χ0v) is 18.0. The molecular formula is C23H23N3O4S. The zero-order chi connectivity index (χ0) is 22.4. The average molecular weight is 438 g/mol. The van der Waals surface area contributed by atoms with Crippen LogP contribution in [0.2, 0.25) is 0 Å². The number of hydrogen-bond acceptors (Lipinski definition) is 4. The number of rotatable bonds is 7. The Balaban J connectivity index is 1.88. The Hall–Kier alpha value is -3.65. The Morgan fingerprint density at radius 3 is 2.06 bits per heavy atom. The minimum atomic E-state index is -3.96. The molecule has 160 valence electrons. The Morgan fingerprint density at radius 2 is 1.45 bits per heavy atom. The van der Waals surface area contributed by atoms with Gasteiger partial charge in [-0.15, -0.1) is 0 Å². The van der Waals surface area contributed by atoms with E-state index in [1.807, 2.05) is 6.92 Å². The Morgan fingerprint density at radius 1 is 0.839 bits per heavy atom. The van der Waals surface area contributed by atoms with Gasteiger partial charge in [0.15, 0.2) is 0 Å². The molecule has 0 aromatic heterocycles. The van der Waals surface area contributed by atoms with Crippen LogP contribution in [0, 0.1) is 6.92 Å². The van der Waals surface area contributed by atoms with Gasteiger partial charge < -0.3 is 10.6 Å². The molecule has 0 unspecified atom stereocenters. The fraction of sp³-hybridized carbons (Fsp3) is 0.130. The van der Waals surface area contributed by atoms with Gasteiger partial charge in [0.1, 0.15) is 6.54 Å². The van der Waals surface area contributed by atoms with Crippen molar-refractivity contribution in [2.24, 2.45) is 0 Å². The topological polar surface area (TPSA) is 95.6 Å². The van der Waals surface area contributed by atoms with Crippen LogP contribution in [0.15, 0.2) is 83.8 Å². The summed E-state index contributed by atoms with van der Waals surface area (Å²) in [5, 5.41) is 5.33. The number of carbonyl (C=O) groups excluding carboxylic acids is 2. The third kappa shape index (κ3) is 5.70. The first-order valence-corrected chi connectivity index (χ1v) is 11.0. The van der Waals surface area contributed by atoms with Crippen molar-refractivity contribution in [2.75, 3.05) is 21.5 Å². The molecule has 0 radical (unpaired) electrons. The first-order valence-electron chi connectivity index (χ1n) is 9.58. The number of carbonyl (C=O) groups is 2. The smallest absolute Gasteiger partial charge is 0.264 e. The number of hydrogen-bond donors (Lipinski definition) is 2. The summed E-state index contributed by atoms with van der Waals surface area (Å²) in [7, 11) is -3.96. The molecule has 3 aromatic carbocycles. The van der Waals surface area contributed by atoms with Crippen molar-refractivity contribution in [3.05, 3.63) is 84.4 Å². The van der Waals surface area contributed by atoms with E-state index >= 15 is 0 Å². The second-order valence-electron chi connectivity index (χ2n) is 6.97. The molecule has 7 nitrogen and oxygen atoms in total. The van der Waals surface area contributed by atoms with E-state index in [9.17, 15) is 18.0 Å². The molecule has 0 aliphatic heterocycles. The summed E-state index contributed by atoms with van der Waals surface area (Å²) < 4.78 is 27.6. The van der Waals surface area contributed by atoms with E-state index in [-0.39, 0.29) is 10.8 Å². The summed E-state index contributed by atoms with van der Waals surface area (Å²) in [6, 6.07) is 21.5. The van der Waals surface area contributed by atoms with Gasteiger partial charge in [0.2, 0.25) is 11.8 Å². The molecule has 0 aliphatic rings. The van der Waals surface area contributed by atoms with Crippen molar-refractivity contribution in [1.82, 2.24) is 0 Å². The second kappa shape index (κ2) is 9.44. The predicted octanol–water partition coefficient (Wildman–Crippen LogP) is 3.79. The number of anilines is 3. The molecule has 31 heavy (non-hydrogen) atoms. The molecule has 0 fully saturated rings. The van der Waals surface area contributed by atoms with Crippen LogP contribution in [0.1, 0.15) is 12.5 Å². The highest BCUT2D eigenvalue weighted by Crippen LogP contribution is 2.24. The molecule has 2 N–H and O–H groups in total. The van der Waals surface area contributed by atoms with Crippen LogP contribution in [-0.2, 0) is 19.6 Å². The molecule has 3 rings (SSSR count). The second-order valence-corrected chi connectivity index (χ2v) is 8.83. The lowest BCUT2D eigenvalue weighted by Crippen LogP contribution is -2.38. The maximum atomic E-state index is 13.3. The fourth-order valence-electron chi connectivity index (χ4n) is 2.95. The van der Waals surface area contributed by atoms with Crippen LogP contribution in [-0.4, -0.2) is 26.8 Å². The van der Waals surface area contributed by atoms with E-state index in [1.165, 1.54) is 19.1 Å². The van der Waals surface area contributed by atoms with Crippen molar-refractivity contribution >= 4 is 38.9 Å². The number of benzene rings is 3. The maximum Gasteiger partial charge on any atom is 0.264 e. The highest BCUT2D eigenvalue weighted by Gasteiger charge is 2.27. The molecule has 2 amide bonds. The van der Waals surface area contributed by atoms with Gasteiger partial charge in [0.05, 0.1) is 10.6 Å². The van der Waals surface area contributed by atoms with Crippen molar-refractivity contribution in [1.29, 1.82) is 0 Å². The van der Waals surface area contributed by atoms with Gasteiger partial charge in [-0.2, -0.15) is 0 Å². The van der Waals surface area contributed by atoms with E-state index in [0.29, 0.717) is 17.1 Å². The van der Waals surface area contributed by atoms with Gasteiger partial charge in [0, 0.05) is 18.3 Å². The lowest BCUT2D eigenvalue weighted by atomic mass is 10.2. The molecule has 8 heteroatoms. The molecule has 0 heterocycles. The van der Waals surface area contributed by atoms with Crippen LogP contribution in [0.5, 0.6) is 0 Å². The number of nitrogens with zero attached hydrogens (tertiary/aromatic N) is 1. The molecule has 0 aliphatic carbocycles. The highest BCUT2D eigenvalue weighted by atomic mass is 32.2. The minimum Gasteiger partial charge on any atom is -0.326 e. The van der Waals surface area contributed by atoms with Gasteiger partial charge in [-0.25, -0.2) is 8.42 Å². The van der Waals surface area contributed by atoms with Crippen LogP contribution in [0.3, 0.4) is 0 Å². The normalized spacial score (nSPS) is 10.9. The molecule has 0 saturated carbocycles. The lowest BCUT2D eigenvalue weighted by Gasteiger charge is -2.24. The predicted molar refractivity (Wildman–Crippen MR) is 122 cm³/mol. The number of aryl methyl sites for hydroxylation is 1. The van der Waals surface area contributed by atoms with E-state index in [2.05, 4.69) is 10.6 Å². The molecule has 0 atom stereocenters. The van der Waals surface area contributed by atoms with Gasteiger partial charge in [0.25, 0.3) is 10.0 Å². The maximum absolute atomic E-state index is 13.3. The fourth-order valence-corrected chi connectivity index (χ4v) is 4.40. The van der Waals surface area contributed by atoms with Crippen LogP contribution in [0.4, 0.5) is 17.1 Å². The molecule has 0 spiro atoms. The quantitative estimate of drug-likeness (QED) is 0.588. The Labute approximate surface area is 181 Å². The van der Waals surface area contributed by atoms with Gasteiger partial charge in [-0.3, -0.25) is 13.9 Å². The monoisotopic (exact) mass is 437 g/mol. The van der Waals surface area contributed by atoms with E-state index < -0.39 is 22.5 Å². The SMILES string of the molecule is CC(=O)Nc1cccc(NC(=O)CN(c2ccc(C)cc2)S(=O)(=O)c2ccccc2)c1. The van der Waals surface area contributed by atoms with Crippen molar-refractivity contribution in [3.8, 4) is 0 Å². The van der Waals surface area contributed by atoms with Gasteiger partial charge >= 0.3 is 0 Å². The van der Waals surface area contributed by atoms with Gasteiger partial charge in [-0.05, 0) is 49.4 Å². The minimum absolute atomic E-state index is 0.0935. The summed E-state index contributed by atoms with van der Waals surface area (Å²) in [4.78, 5) is 24.1. The van der Waals surface area contributed by atoms with Crippen LogP contribution >= 0.6 is 0 Å². The van der Waals surface area contributed by atoms with Crippen LogP contribution < -0.4 is 14.9 Å². The number of sulfonamides is 1. The van der Waals surface area contributed by atoms with E-state index in [0.717, 1.165) is 9.87 Å². The first-order chi connectivity index (χ1) is 14.8. The summed E-state index contributed by atoms with van der Waals surface area (Å²) in [6.07, 6.45) is 0. The average Bonchev–Trinajstić information content (AvgIpc) is 2.73. The highest BCUT2D eigenvalue weighted by molar-refractivity contribution is 7.92. The molecule has 0 bridgehead atoms. The molecular weight excluding hydrogens is 414 g/mol. The molecule has 0 saturated heterocycles.